The van der Waals surface area contributed by atoms with Crippen molar-refractivity contribution in [3.05, 3.63) is 254 Å². The van der Waals surface area contributed by atoms with Gasteiger partial charge < -0.3 is 9.13 Å². The lowest BCUT2D eigenvalue weighted by atomic mass is 9.98. The minimum absolute atomic E-state index is 0.0144. The average molecular weight is 1050 g/mol. The van der Waals surface area contributed by atoms with Crippen LogP contribution in [0.15, 0.2) is 237 Å². The highest BCUT2D eigenvalue weighted by Crippen LogP contribution is 2.46. The van der Waals surface area contributed by atoms with E-state index >= 15 is 22.0 Å². The van der Waals surface area contributed by atoms with Gasteiger partial charge in [0.25, 0.3) is 0 Å². The Morgan fingerprint density at radius 2 is 0.613 bits per heavy atom. The van der Waals surface area contributed by atoms with Crippen molar-refractivity contribution >= 4 is 43.6 Å². The molecule has 10 aromatic carbocycles. The summed E-state index contributed by atoms with van der Waals surface area (Å²) in [6.45, 7) is 0. The summed E-state index contributed by atoms with van der Waals surface area (Å²) in [6.07, 6.45) is -4.98. The monoisotopic (exact) mass is 1050 g/mol. The first kappa shape index (κ1) is 47.9. The Morgan fingerprint density at radius 3 is 1.00 bits per heavy atom. The smallest absolute Gasteiger partial charge is 0.309 e. The zero-order valence-corrected chi connectivity index (χ0v) is 42.0. The summed E-state index contributed by atoms with van der Waals surface area (Å²) in [6, 6.07) is 69.2. The van der Waals surface area contributed by atoms with Gasteiger partial charge in [-0.3, -0.25) is 0 Å². The Labute approximate surface area is 453 Å². The molecule has 14 aromatic rings. The molecule has 0 fully saturated rings. The lowest BCUT2D eigenvalue weighted by Crippen LogP contribution is -2.13. The molecule has 0 saturated heterocycles. The van der Waals surface area contributed by atoms with Gasteiger partial charge in [-0.25, -0.2) is 38.7 Å². The van der Waals surface area contributed by atoms with Gasteiger partial charge in [0.1, 0.15) is 11.6 Å². The van der Waals surface area contributed by atoms with Crippen molar-refractivity contribution in [2.75, 3.05) is 0 Å². The molecule has 8 nitrogen and oxygen atoms in total. The predicted molar refractivity (Wildman–Crippen MR) is 305 cm³/mol. The number of hydrogen-bond acceptors (Lipinski definition) is 6. The molecule has 382 valence electrons. The fourth-order valence-corrected chi connectivity index (χ4v) is 10.7. The number of para-hydroxylation sites is 2. The van der Waals surface area contributed by atoms with Crippen molar-refractivity contribution in [2.24, 2.45) is 0 Å². The largest absolute Gasteiger partial charge is 0.418 e. The third-order valence-corrected chi connectivity index (χ3v) is 14.3. The SMILES string of the molecule is Fc1cc(F)cc(-c2cc(-n3c4ccccc4c4ccc(-c5nc(-c6ccccc6)nc(-c6ccccc6)n5)cc43)c(C(F)(F)F)cc2-n2c3ccccc3c3ccc(-c4nc(-c5ccccc5)nc(-c5ccccc5)n4)cc32)c1. The first-order valence-electron chi connectivity index (χ1n) is 25.6. The molecule has 0 N–H and O–H groups in total. The molecular formula is C67H39F5N8. The van der Waals surface area contributed by atoms with E-state index in [-0.39, 0.29) is 22.5 Å². The molecule has 0 atom stereocenters. The number of alkyl halides is 3. The maximum absolute atomic E-state index is 16.6. The molecule has 0 aliphatic heterocycles. The standard InChI is InChI=1S/C67H39F5N8/c68-47-33-46(34-48(69)37-47)53-38-60(80-56-28-16-14-26-50(56)52-32-30-45(36-58(52)80)66-77-63(42-21-9-3-10-22-42)74-64(78-66)43-23-11-4-12-24-43)54(67(70,71)72)39-59(53)79-55-27-15-13-25-49(55)51-31-29-44(35-57(51)79)65-75-61(40-17-5-1-6-18-40)73-62(76-65)41-19-7-2-8-20-41/h1-39H. The number of halogens is 5. The number of aromatic nitrogens is 8. The number of nitrogens with zero attached hydrogens (tertiary/aromatic N) is 8. The van der Waals surface area contributed by atoms with Crippen LogP contribution in [0.4, 0.5) is 22.0 Å². The average Bonchev–Trinajstić information content (AvgIpc) is 3.91. The van der Waals surface area contributed by atoms with Crippen LogP contribution in [0.3, 0.4) is 0 Å². The zero-order chi connectivity index (χ0) is 54.1. The van der Waals surface area contributed by atoms with E-state index in [9.17, 15) is 0 Å². The first-order valence-corrected chi connectivity index (χ1v) is 25.6. The lowest BCUT2D eigenvalue weighted by molar-refractivity contribution is -0.137. The van der Waals surface area contributed by atoms with Crippen molar-refractivity contribution in [1.82, 2.24) is 39.0 Å². The maximum atomic E-state index is 16.6. The van der Waals surface area contributed by atoms with Gasteiger partial charge in [0.15, 0.2) is 34.9 Å². The van der Waals surface area contributed by atoms with Gasteiger partial charge in [0, 0.05) is 66.6 Å². The Morgan fingerprint density at radius 1 is 0.275 bits per heavy atom. The highest BCUT2D eigenvalue weighted by Gasteiger charge is 2.37. The number of fused-ring (bicyclic) bond motifs is 6. The summed E-state index contributed by atoms with van der Waals surface area (Å²) >= 11 is 0. The van der Waals surface area contributed by atoms with Crippen molar-refractivity contribution in [3.63, 3.8) is 0 Å². The first-order chi connectivity index (χ1) is 39.1. The normalized spacial score (nSPS) is 11.8. The van der Waals surface area contributed by atoms with Crippen LogP contribution in [0.25, 0.3) is 134 Å². The van der Waals surface area contributed by atoms with Crippen molar-refractivity contribution in [1.29, 1.82) is 0 Å². The molecule has 80 heavy (non-hydrogen) atoms. The molecule has 0 aliphatic carbocycles. The topological polar surface area (TPSA) is 87.2 Å². The van der Waals surface area contributed by atoms with Crippen LogP contribution in [0, 0.1) is 11.6 Å². The molecule has 14 rings (SSSR count). The maximum Gasteiger partial charge on any atom is 0.418 e. The third kappa shape index (κ3) is 8.48. The van der Waals surface area contributed by atoms with Crippen molar-refractivity contribution in [3.8, 4) is 90.8 Å². The van der Waals surface area contributed by atoms with Crippen molar-refractivity contribution < 1.29 is 22.0 Å². The lowest BCUT2D eigenvalue weighted by Gasteiger charge is -2.22. The second-order valence-electron chi connectivity index (χ2n) is 19.3. The molecule has 13 heteroatoms. The molecule has 0 spiro atoms. The van der Waals surface area contributed by atoms with E-state index in [1.807, 2.05) is 182 Å². The van der Waals surface area contributed by atoms with Crippen LogP contribution < -0.4 is 0 Å². The molecular weight excluding hydrogens is 1010 g/mol. The Balaban J connectivity index is 1.03. The van der Waals surface area contributed by atoms with E-state index in [0.29, 0.717) is 84.3 Å². The predicted octanol–water partition coefficient (Wildman–Crippen LogP) is 17.2. The molecule has 0 aliphatic rings. The van der Waals surface area contributed by atoms with Gasteiger partial charge in [-0.05, 0) is 54.1 Å². The molecule has 0 radical (unpaired) electrons. The molecule has 0 bridgehead atoms. The van der Waals surface area contributed by atoms with E-state index in [4.69, 9.17) is 29.9 Å². The Hall–Kier alpha value is -10.5. The summed E-state index contributed by atoms with van der Waals surface area (Å²) in [5.41, 5.74) is 4.88. The fraction of sp³-hybridized carbons (Fsp3) is 0.0149. The van der Waals surface area contributed by atoms with Crippen LogP contribution in [0.1, 0.15) is 5.56 Å². The van der Waals surface area contributed by atoms with E-state index in [1.165, 1.54) is 6.07 Å². The van der Waals surface area contributed by atoms with Gasteiger partial charge in [0.2, 0.25) is 0 Å². The Kier molecular flexibility index (Phi) is 11.5. The van der Waals surface area contributed by atoms with Gasteiger partial charge in [-0.15, -0.1) is 0 Å². The number of rotatable bonds is 9. The minimum atomic E-state index is -4.98. The summed E-state index contributed by atoms with van der Waals surface area (Å²) in [5, 5.41) is 2.76. The van der Waals surface area contributed by atoms with Crippen LogP contribution >= 0.6 is 0 Å². The molecule has 0 unspecified atom stereocenters. The van der Waals surface area contributed by atoms with Gasteiger partial charge in [0.05, 0.1) is 39.0 Å². The van der Waals surface area contributed by atoms with Gasteiger partial charge in [-0.1, -0.05) is 182 Å². The second kappa shape index (κ2) is 19.2. The summed E-state index contributed by atoms with van der Waals surface area (Å²) < 4.78 is 84.4. The quantitative estimate of drug-likeness (QED) is 0.134. The van der Waals surface area contributed by atoms with Crippen LogP contribution in [0.5, 0.6) is 0 Å². The fourth-order valence-electron chi connectivity index (χ4n) is 10.7. The van der Waals surface area contributed by atoms with E-state index < -0.39 is 23.4 Å². The summed E-state index contributed by atoms with van der Waals surface area (Å²) in [5.74, 6) is 0.496. The summed E-state index contributed by atoms with van der Waals surface area (Å²) in [4.78, 5) is 29.5. The van der Waals surface area contributed by atoms with Crippen LogP contribution in [-0.4, -0.2) is 39.0 Å². The van der Waals surface area contributed by atoms with Gasteiger partial charge in [-0.2, -0.15) is 13.2 Å². The van der Waals surface area contributed by atoms with Crippen LogP contribution in [-0.2, 0) is 6.18 Å². The third-order valence-electron chi connectivity index (χ3n) is 14.3. The molecule has 0 amide bonds. The number of hydrogen-bond donors (Lipinski definition) is 0. The highest BCUT2D eigenvalue weighted by molar-refractivity contribution is 6.12. The van der Waals surface area contributed by atoms with E-state index in [0.717, 1.165) is 51.9 Å². The van der Waals surface area contributed by atoms with Crippen LogP contribution in [0.2, 0.25) is 0 Å². The van der Waals surface area contributed by atoms with Gasteiger partial charge >= 0.3 is 6.18 Å². The second-order valence-corrected chi connectivity index (χ2v) is 19.3. The van der Waals surface area contributed by atoms with E-state index in [2.05, 4.69) is 0 Å². The minimum Gasteiger partial charge on any atom is -0.309 e. The Bertz CT molecular complexity index is 4580. The van der Waals surface area contributed by atoms with E-state index in [1.54, 1.807) is 33.4 Å². The molecule has 0 saturated carbocycles. The molecule has 4 aromatic heterocycles. The highest BCUT2D eigenvalue weighted by atomic mass is 19.4. The number of benzene rings is 10. The zero-order valence-electron chi connectivity index (χ0n) is 42.0. The molecule has 4 heterocycles. The summed E-state index contributed by atoms with van der Waals surface area (Å²) in [7, 11) is 0. The van der Waals surface area contributed by atoms with Crippen molar-refractivity contribution in [2.45, 2.75) is 6.18 Å².